The van der Waals surface area contributed by atoms with Crippen LogP contribution in [0.25, 0.3) is 0 Å². The Balaban J connectivity index is 2.60. The fourth-order valence-electron chi connectivity index (χ4n) is 1.24. The summed E-state index contributed by atoms with van der Waals surface area (Å²) in [6, 6.07) is 0. The van der Waals surface area contributed by atoms with E-state index in [4.69, 9.17) is 5.14 Å². The van der Waals surface area contributed by atoms with Crippen LogP contribution in [0, 0.1) is 0 Å². The molecule has 0 radical (unpaired) electrons. The van der Waals surface area contributed by atoms with E-state index in [1.54, 1.807) is 0 Å². The monoisotopic (exact) mass is 177 g/mol. The van der Waals surface area contributed by atoms with E-state index in [2.05, 4.69) is 6.72 Å². The summed E-state index contributed by atoms with van der Waals surface area (Å²) in [6.07, 6.45) is 1.23. The summed E-state index contributed by atoms with van der Waals surface area (Å²) < 4.78 is 23.5. The molecule has 2 N–H and O–H groups in total. The first-order chi connectivity index (χ1) is 5.00. The van der Waals surface area contributed by atoms with E-state index >= 15 is 0 Å². The van der Waals surface area contributed by atoms with Crippen LogP contribution in [0.3, 0.4) is 0 Å². The lowest BCUT2D eigenvalue weighted by Gasteiger charge is -2.17. The summed E-state index contributed by atoms with van der Waals surface area (Å²) in [5, 5.41) is 4.64. The summed E-state index contributed by atoms with van der Waals surface area (Å²) in [5.41, 5.74) is 0. The highest BCUT2D eigenvalue weighted by atomic mass is 32.2. The van der Waals surface area contributed by atoms with Gasteiger partial charge in [-0.3, -0.25) is 0 Å². The smallest absolute Gasteiger partial charge is 0.212 e. The van der Waals surface area contributed by atoms with Crippen molar-refractivity contribution < 1.29 is 13.0 Å². The number of nitrogens with zero attached hydrogens (tertiary/aromatic N) is 1. The summed E-state index contributed by atoms with van der Waals surface area (Å²) >= 11 is 0. The van der Waals surface area contributed by atoms with E-state index in [9.17, 15) is 8.42 Å². The van der Waals surface area contributed by atoms with Crippen molar-refractivity contribution >= 4 is 16.7 Å². The van der Waals surface area contributed by atoms with E-state index in [0.717, 1.165) is 13.1 Å². The molecule has 1 aliphatic rings. The van der Waals surface area contributed by atoms with Gasteiger partial charge >= 0.3 is 0 Å². The van der Waals surface area contributed by atoms with Crippen LogP contribution in [0.5, 0.6) is 0 Å². The number of hydrogen-bond donors (Lipinski definition) is 1. The van der Waals surface area contributed by atoms with Crippen LogP contribution in [-0.2, 0) is 10.0 Å². The van der Waals surface area contributed by atoms with Crippen LogP contribution in [-0.4, -0.2) is 38.1 Å². The molecule has 0 saturated carbocycles. The maximum absolute atomic E-state index is 10.8. The second-order valence-electron chi connectivity index (χ2n) is 2.91. The first-order valence-corrected chi connectivity index (χ1v) is 5.18. The number of hydrogen-bond acceptors (Lipinski definition) is 2. The zero-order chi connectivity index (χ0) is 8.48. The van der Waals surface area contributed by atoms with Gasteiger partial charge in [-0.05, 0) is 0 Å². The minimum Gasteiger partial charge on any atom is -0.242 e. The first-order valence-electron chi connectivity index (χ1n) is 3.57. The molecule has 0 aromatic carbocycles. The third-order valence-electron chi connectivity index (χ3n) is 2.00. The quantitative estimate of drug-likeness (QED) is 0.530. The summed E-state index contributed by atoms with van der Waals surface area (Å²) in [7, 11) is -3.30. The largest absolute Gasteiger partial charge is 0.242 e. The standard InChI is InChI=1S/C6H13N2O2S/c1-8-4-2-6(3-5-8)11(7,9)10/h6H,1-5H2,(H2,7,9,10)/q+1. The molecule has 0 aromatic heterocycles. The van der Waals surface area contributed by atoms with Gasteiger partial charge in [0.25, 0.3) is 0 Å². The molecular formula is C6H13N2O2S+. The molecular weight excluding hydrogens is 164 g/mol. The third-order valence-corrected chi connectivity index (χ3v) is 3.40. The van der Waals surface area contributed by atoms with Crippen molar-refractivity contribution in [3.05, 3.63) is 0 Å². The number of primary sulfonamides is 1. The Morgan fingerprint density at radius 2 is 1.82 bits per heavy atom. The Morgan fingerprint density at radius 3 is 2.18 bits per heavy atom. The minimum atomic E-state index is -3.30. The zero-order valence-electron chi connectivity index (χ0n) is 6.36. The van der Waals surface area contributed by atoms with Gasteiger partial charge in [-0.1, -0.05) is 0 Å². The van der Waals surface area contributed by atoms with Crippen molar-refractivity contribution in [2.24, 2.45) is 5.14 Å². The molecule has 0 aromatic rings. The Labute approximate surface area is 66.8 Å². The van der Waals surface area contributed by atoms with Crippen LogP contribution in [0.4, 0.5) is 0 Å². The molecule has 1 heterocycles. The van der Waals surface area contributed by atoms with Gasteiger partial charge in [-0.25, -0.2) is 18.1 Å². The van der Waals surface area contributed by atoms with E-state index in [1.165, 1.54) is 0 Å². The third kappa shape index (κ3) is 2.27. The second kappa shape index (κ2) is 2.91. The van der Waals surface area contributed by atoms with E-state index in [1.807, 2.05) is 4.58 Å². The average Bonchev–Trinajstić information content (AvgIpc) is 1.86. The SMILES string of the molecule is C=[N+]1CCC(S(N)(=O)=O)CC1. The fraction of sp³-hybridized carbons (Fsp3) is 0.833. The number of rotatable bonds is 1. The predicted molar refractivity (Wildman–Crippen MR) is 43.2 cm³/mol. The lowest BCUT2D eigenvalue weighted by molar-refractivity contribution is -0.528. The van der Waals surface area contributed by atoms with Crippen molar-refractivity contribution in [2.45, 2.75) is 18.1 Å². The molecule has 0 amide bonds. The van der Waals surface area contributed by atoms with Crippen molar-refractivity contribution in [3.8, 4) is 0 Å². The molecule has 0 unspecified atom stereocenters. The van der Waals surface area contributed by atoms with Crippen molar-refractivity contribution in [3.63, 3.8) is 0 Å². The van der Waals surface area contributed by atoms with Crippen LogP contribution >= 0.6 is 0 Å². The molecule has 0 bridgehead atoms. The molecule has 11 heavy (non-hydrogen) atoms. The lowest BCUT2D eigenvalue weighted by atomic mass is 10.1. The fourth-order valence-corrected chi connectivity index (χ4v) is 2.11. The highest BCUT2D eigenvalue weighted by molar-refractivity contribution is 7.89. The van der Waals surface area contributed by atoms with Gasteiger partial charge in [0.05, 0.1) is 5.25 Å². The topological polar surface area (TPSA) is 63.2 Å². The zero-order valence-corrected chi connectivity index (χ0v) is 7.18. The summed E-state index contributed by atoms with van der Waals surface area (Å²) in [5.74, 6) is 0. The predicted octanol–water partition coefficient (Wildman–Crippen LogP) is -0.850. The van der Waals surface area contributed by atoms with Gasteiger partial charge in [-0.2, -0.15) is 0 Å². The van der Waals surface area contributed by atoms with Gasteiger partial charge in [0.2, 0.25) is 10.0 Å². The molecule has 64 valence electrons. The Bertz CT molecular complexity index is 248. The second-order valence-corrected chi connectivity index (χ2v) is 4.75. The van der Waals surface area contributed by atoms with Crippen LogP contribution < -0.4 is 5.14 Å². The average molecular weight is 177 g/mol. The number of nitrogens with two attached hydrogens (primary N) is 1. The molecule has 1 fully saturated rings. The molecule has 0 atom stereocenters. The minimum absolute atomic E-state index is 0.347. The highest BCUT2D eigenvalue weighted by Gasteiger charge is 2.28. The summed E-state index contributed by atoms with van der Waals surface area (Å²) in [4.78, 5) is 0. The Kier molecular flexibility index (Phi) is 2.29. The number of piperidine rings is 1. The van der Waals surface area contributed by atoms with Crippen LogP contribution in [0.1, 0.15) is 12.8 Å². The van der Waals surface area contributed by atoms with Gasteiger partial charge in [0.1, 0.15) is 19.8 Å². The Morgan fingerprint density at radius 1 is 1.36 bits per heavy atom. The molecule has 0 spiro atoms. The van der Waals surface area contributed by atoms with E-state index in [-0.39, 0.29) is 5.25 Å². The molecule has 1 saturated heterocycles. The Hall–Kier alpha value is -0.420. The van der Waals surface area contributed by atoms with Gasteiger partial charge in [0.15, 0.2) is 0 Å². The van der Waals surface area contributed by atoms with Crippen LogP contribution in [0.15, 0.2) is 0 Å². The highest BCUT2D eigenvalue weighted by Crippen LogP contribution is 2.11. The molecule has 5 heteroatoms. The normalized spacial score (nSPS) is 22.1. The molecule has 1 aliphatic heterocycles. The maximum Gasteiger partial charge on any atom is 0.212 e. The van der Waals surface area contributed by atoms with Crippen molar-refractivity contribution in [2.75, 3.05) is 13.1 Å². The van der Waals surface area contributed by atoms with Gasteiger partial charge in [-0.15, -0.1) is 0 Å². The lowest BCUT2D eigenvalue weighted by Crippen LogP contribution is -2.37. The molecule has 4 nitrogen and oxygen atoms in total. The van der Waals surface area contributed by atoms with Crippen LogP contribution in [0.2, 0.25) is 0 Å². The molecule has 1 rings (SSSR count). The van der Waals surface area contributed by atoms with Gasteiger partial charge < -0.3 is 0 Å². The first kappa shape index (κ1) is 8.67. The van der Waals surface area contributed by atoms with Crippen molar-refractivity contribution in [1.82, 2.24) is 0 Å². The van der Waals surface area contributed by atoms with Crippen molar-refractivity contribution in [1.29, 1.82) is 0 Å². The van der Waals surface area contributed by atoms with E-state index in [0.29, 0.717) is 12.8 Å². The molecule has 0 aliphatic carbocycles. The maximum atomic E-state index is 10.8. The van der Waals surface area contributed by atoms with E-state index < -0.39 is 10.0 Å². The van der Waals surface area contributed by atoms with Gasteiger partial charge in [0, 0.05) is 12.8 Å². The summed E-state index contributed by atoms with van der Waals surface area (Å²) in [6.45, 7) is 5.16. The number of sulfonamides is 1.